The Morgan fingerprint density at radius 1 is 0.309 bits per heavy atom. The topological polar surface area (TPSA) is 78.9 Å². The van der Waals surface area contributed by atoms with E-state index in [2.05, 4.69) is 69.4 Å². The first-order valence-corrected chi connectivity index (χ1v) is 29.7. The van der Waals surface area contributed by atoms with Crippen molar-refractivity contribution in [1.29, 1.82) is 0 Å². The molecule has 0 aliphatic carbocycles. The van der Waals surface area contributed by atoms with E-state index in [1.54, 1.807) is 0 Å². The predicted octanol–water partition coefficient (Wildman–Crippen LogP) is 19.8. The highest BCUT2D eigenvalue weighted by atomic mass is 16.6. The van der Waals surface area contributed by atoms with Crippen molar-refractivity contribution in [3.8, 4) is 0 Å². The second-order valence-corrected chi connectivity index (χ2v) is 19.9. The zero-order chi connectivity index (χ0) is 49.3. The maximum atomic E-state index is 12.9. The molecule has 396 valence electrons. The second-order valence-electron chi connectivity index (χ2n) is 19.9. The summed E-state index contributed by atoms with van der Waals surface area (Å²) in [4.78, 5) is 38.2. The average molecular weight is 954 g/mol. The number of esters is 3. The van der Waals surface area contributed by atoms with Crippen LogP contribution in [0.1, 0.15) is 310 Å². The largest absolute Gasteiger partial charge is 0.462 e. The van der Waals surface area contributed by atoms with Gasteiger partial charge in [-0.15, -0.1) is 0 Å². The van der Waals surface area contributed by atoms with Gasteiger partial charge in [-0.1, -0.05) is 262 Å². The lowest BCUT2D eigenvalue weighted by Crippen LogP contribution is -2.30. The minimum atomic E-state index is -0.780. The molecule has 0 aliphatic rings. The molecule has 0 aromatic carbocycles. The van der Waals surface area contributed by atoms with Crippen molar-refractivity contribution in [3.63, 3.8) is 0 Å². The predicted molar refractivity (Wildman–Crippen MR) is 293 cm³/mol. The molecule has 0 aliphatic heterocycles. The minimum Gasteiger partial charge on any atom is -0.462 e. The molecule has 68 heavy (non-hydrogen) atoms. The van der Waals surface area contributed by atoms with Gasteiger partial charge < -0.3 is 14.2 Å². The molecule has 0 saturated carbocycles. The minimum absolute atomic E-state index is 0.0771. The molecule has 0 aromatic heterocycles. The van der Waals surface area contributed by atoms with Gasteiger partial charge in [-0.3, -0.25) is 14.4 Å². The molecule has 0 rings (SSSR count). The van der Waals surface area contributed by atoms with Gasteiger partial charge in [0, 0.05) is 19.3 Å². The summed E-state index contributed by atoms with van der Waals surface area (Å²) in [5.41, 5.74) is 0. The van der Waals surface area contributed by atoms with E-state index < -0.39 is 6.10 Å². The summed E-state index contributed by atoms with van der Waals surface area (Å²) >= 11 is 0. The van der Waals surface area contributed by atoms with Crippen molar-refractivity contribution in [2.75, 3.05) is 13.2 Å². The first-order chi connectivity index (χ1) is 33.5. The van der Waals surface area contributed by atoms with Gasteiger partial charge in [-0.25, -0.2) is 0 Å². The fraction of sp³-hybridized carbons (Fsp3) is 0.823. The highest BCUT2D eigenvalue weighted by Gasteiger charge is 2.19. The van der Waals surface area contributed by atoms with Crippen molar-refractivity contribution in [2.24, 2.45) is 0 Å². The van der Waals surface area contributed by atoms with E-state index in [-0.39, 0.29) is 31.1 Å². The Kier molecular flexibility index (Phi) is 54.8. The number of rotatable bonds is 54. The third-order valence-electron chi connectivity index (χ3n) is 13.1. The lowest BCUT2D eigenvalue weighted by molar-refractivity contribution is -0.167. The number of carbonyl (C=O) groups excluding carboxylic acids is 3. The Morgan fingerprint density at radius 3 is 0.926 bits per heavy atom. The van der Waals surface area contributed by atoms with Crippen molar-refractivity contribution in [1.82, 2.24) is 0 Å². The third kappa shape index (κ3) is 54.3. The molecule has 0 radical (unpaired) electrons. The summed E-state index contributed by atoms with van der Waals surface area (Å²) in [6.07, 6.45) is 69.5. The van der Waals surface area contributed by atoms with E-state index >= 15 is 0 Å². The molecular formula is C62H112O6. The van der Waals surface area contributed by atoms with E-state index in [0.29, 0.717) is 19.3 Å². The fourth-order valence-corrected chi connectivity index (χ4v) is 8.58. The molecule has 0 fully saturated rings. The quantitative estimate of drug-likeness (QED) is 0.0199. The fourth-order valence-electron chi connectivity index (χ4n) is 8.58. The number of carbonyl (C=O) groups is 3. The molecule has 0 bridgehead atoms. The zero-order valence-electron chi connectivity index (χ0n) is 45.4. The Bertz CT molecular complexity index is 1190. The van der Waals surface area contributed by atoms with Crippen LogP contribution in [0.2, 0.25) is 0 Å². The summed E-state index contributed by atoms with van der Waals surface area (Å²) in [6, 6.07) is 0. The smallest absolute Gasteiger partial charge is 0.306 e. The van der Waals surface area contributed by atoms with E-state index in [1.165, 1.54) is 193 Å². The molecule has 1 unspecified atom stereocenters. The molecule has 1 atom stereocenters. The molecule has 0 spiro atoms. The van der Waals surface area contributed by atoms with Crippen molar-refractivity contribution < 1.29 is 28.6 Å². The molecule has 0 heterocycles. The van der Waals surface area contributed by atoms with Crippen LogP contribution in [0.25, 0.3) is 0 Å². The Morgan fingerprint density at radius 2 is 0.574 bits per heavy atom. The molecule has 0 aromatic rings. The lowest BCUT2D eigenvalue weighted by atomic mass is 10.0. The van der Waals surface area contributed by atoms with Crippen LogP contribution in [0.5, 0.6) is 0 Å². The summed E-state index contributed by atoms with van der Waals surface area (Å²) < 4.78 is 16.9. The number of allylic oxidation sites excluding steroid dienone is 8. The summed E-state index contributed by atoms with van der Waals surface area (Å²) in [5, 5.41) is 0. The SMILES string of the molecule is CCCCC/C=C\C=C/CCCCCCCCC(=O)OCC(COC(=O)CCCCCCCCCCCCCCCCCCCC)OC(=O)CCCCCCCCC/C=C\C/C=C\CCCCC. The van der Waals surface area contributed by atoms with Gasteiger partial charge in [0.05, 0.1) is 0 Å². The van der Waals surface area contributed by atoms with Crippen molar-refractivity contribution >= 4 is 17.9 Å². The van der Waals surface area contributed by atoms with Gasteiger partial charge in [0.25, 0.3) is 0 Å². The van der Waals surface area contributed by atoms with Gasteiger partial charge in [-0.2, -0.15) is 0 Å². The molecule has 6 nitrogen and oxygen atoms in total. The first kappa shape index (κ1) is 65.4. The standard InChI is InChI=1S/C62H112O6/c1-4-7-10-13-16-19-22-25-28-30-32-34-37-40-43-46-49-52-55-61(64)67-58-59(57-66-60(63)54-51-48-45-42-39-36-33-27-24-21-18-15-12-9-6-3)68-62(65)56-53-50-47-44-41-38-35-31-29-26-23-20-17-14-11-8-5-2/h17-18,20-21,24,26-27,29,59H,4-16,19,22-23,25,28,30-58H2,1-3H3/b20-17-,21-18-,27-24-,29-26-. The van der Waals surface area contributed by atoms with E-state index in [9.17, 15) is 14.4 Å². The number of unbranched alkanes of at least 4 members (excludes halogenated alkanes) is 36. The zero-order valence-corrected chi connectivity index (χ0v) is 45.4. The first-order valence-electron chi connectivity index (χ1n) is 29.7. The third-order valence-corrected chi connectivity index (χ3v) is 13.1. The van der Waals surface area contributed by atoms with Crippen LogP contribution in [0.15, 0.2) is 48.6 Å². The molecule has 0 saturated heterocycles. The molecular weight excluding hydrogens is 841 g/mol. The summed E-state index contributed by atoms with van der Waals surface area (Å²) in [6.45, 7) is 6.61. The van der Waals surface area contributed by atoms with E-state index in [1.807, 2.05) is 0 Å². The van der Waals surface area contributed by atoms with Crippen LogP contribution in [-0.2, 0) is 28.6 Å². The maximum Gasteiger partial charge on any atom is 0.306 e. The van der Waals surface area contributed by atoms with Crippen LogP contribution in [0, 0.1) is 0 Å². The van der Waals surface area contributed by atoms with Gasteiger partial charge in [0.2, 0.25) is 0 Å². The maximum absolute atomic E-state index is 12.9. The Labute approximate surface area is 422 Å². The summed E-state index contributed by atoms with van der Waals surface area (Å²) in [7, 11) is 0. The highest BCUT2D eigenvalue weighted by molar-refractivity contribution is 5.71. The Balaban J connectivity index is 4.37. The van der Waals surface area contributed by atoms with Gasteiger partial charge in [0.1, 0.15) is 13.2 Å². The van der Waals surface area contributed by atoms with Crippen LogP contribution in [0.3, 0.4) is 0 Å². The second kappa shape index (κ2) is 57.0. The van der Waals surface area contributed by atoms with Crippen LogP contribution in [-0.4, -0.2) is 37.2 Å². The van der Waals surface area contributed by atoms with Crippen LogP contribution in [0.4, 0.5) is 0 Å². The van der Waals surface area contributed by atoms with E-state index in [0.717, 1.165) is 77.0 Å². The Hall–Kier alpha value is -2.63. The van der Waals surface area contributed by atoms with Crippen LogP contribution < -0.4 is 0 Å². The highest BCUT2D eigenvalue weighted by Crippen LogP contribution is 2.16. The van der Waals surface area contributed by atoms with Crippen molar-refractivity contribution in [2.45, 2.75) is 316 Å². The molecule has 0 amide bonds. The average Bonchev–Trinajstić information content (AvgIpc) is 3.34. The van der Waals surface area contributed by atoms with Gasteiger partial charge >= 0.3 is 17.9 Å². The van der Waals surface area contributed by atoms with Gasteiger partial charge in [-0.05, 0) is 77.0 Å². The lowest BCUT2D eigenvalue weighted by Gasteiger charge is -2.18. The normalized spacial score (nSPS) is 12.3. The van der Waals surface area contributed by atoms with Crippen molar-refractivity contribution in [3.05, 3.63) is 48.6 Å². The molecule has 6 heteroatoms. The number of ether oxygens (including phenoxy) is 3. The number of hydrogen-bond donors (Lipinski definition) is 0. The van der Waals surface area contributed by atoms with E-state index in [4.69, 9.17) is 14.2 Å². The number of hydrogen-bond acceptors (Lipinski definition) is 6. The van der Waals surface area contributed by atoms with Crippen LogP contribution >= 0.6 is 0 Å². The summed E-state index contributed by atoms with van der Waals surface area (Å²) in [5.74, 6) is -0.881. The van der Waals surface area contributed by atoms with Gasteiger partial charge in [0.15, 0.2) is 6.10 Å². The monoisotopic (exact) mass is 953 g/mol. The molecule has 0 N–H and O–H groups in total.